The van der Waals surface area contributed by atoms with Crippen molar-refractivity contribution in [1.82, 2.24) is 16.5 Å². The molecule has 0 aliphatic carbocycles. The number of carbonyl (C=O) groups is 1. The van der Waals surface area contributed by atoms with Gasteiger partial charge in [-0.2, -0.15) is 0 Å². The Bertz CT molecular complexity index is 286. The fourth-order valence-corrected chi connectivity index (χ4v) is 1.21. The van der Waals surface area contributed by atoms with Crippen LogP contribution in [0.15, 0.2) is 5.10 Å². The molecule has 0 aromatic carbocycles. The maximum Gasteiger partial charge on any atom is 0.306 e. The first-order chi connectivity index (χ1) is 7.97. The number of aliphatic carboxylic acids is 1. The van der Waals surface area contributed by atoms with Gasteiger partial charge in [-0.15, -0.1) is 10.6 Å². The molecular weight excluding hydrogens is 222 g/mol. The summed E-state index contributed by atoms with van der Waals surface area (Å²) in [6.45, 7) is 5.47. The largest absolute Gasteiger partial charge is 0.481 e. The lowest BCUT2D eigenvalue weighted by Gasteiger charge is -2.09. The number of nitrogens with one attached hydrogen (secondary N) is 4. The normalized spacial score (nSPS) is 14.6. The summed E-state index contributed by atoms with van der Waals surface area (Å²) in [5.74, 6) is -0.475. The van der Waals surface area contributed by atoms with Gasteiger partial charge in [0.05, 0.1) is 5.92 Å². The third kappa shape index (κ3) is 8.21. The lowest BCUT2D eigenvalue weighted by molar-refractivity contribution is -0.141. The molecule has 7 heteroatoms. The zero-order valence-electron chi connectivity index (χ0n) is 10.5. The zero-order chi connectivity index (χ0) is 13.3. The molecule has 0 aromatic rings. The molecule has 5 N–H and O–H groups in total. The molecule has 1 unspecified atom stereocenters. The third-order valence-corrected chi connectivity index (χ3v) is 1.88. The van der Waals surface area contributed by atoms with E-state index in [4.69, 9.17) is 10.5 Å². The Hall–Kier alpha value is -1.63. The summed E-state index contributed by atoms with van der Waals surface area (Å²) in [6.07, 6.45) is 1.98. The Morgan fingerprint density at radius 2 is 2.12 bits per heavy atom. The number of hydrazine groups is 2. The third-order valence-electron chi connectivity index (χ3n) is 1.88. The molecule has 0 radical (unpaired) electrons. The molecule has 1 aliphatic rings. The van der Waals surface area contributed by atoms with Crippen molar-refractivity contribution in [2.24, 2.45) is 11.0 Å². The smallest absolute Gasteiger partial charge is 0.306 e. The molecule has 7 nitrogen and oxygen atoms in total. The van der Waals surface area contributed by atoms with E-state index in [0.717, 1.165) is 6.42 Å². The lowest BCUT2D eigenvalue weighted by atomic mass is 10.00. The summed E-state index contributed by atoms with van der Waals surface area (Å²) in [6, 6.07) is 0. The predicted molar refractivity (Wildman–Crippen MR) is 66.6 cm³/mol. The van der Waals surface area contributed by atoms with E-state index in [-0.39, 0.29) is 5.92 Å². The number of hydrogen-bond acceptors (Lipinski definition) is 6. The Kier molecular flexibility index (Phi) is 7.70. The Balaban J connectivity index is 0.000000557. The molecular formula is C10H21N5O2. The van der Waals surface area contributed by atoms with Crippen molar-refractivity contribution in [3.05, 3.63) is 0 Å². The van der Waals surface area contributed by atoms with Crippen LogP contribution < -0.4 is 16.5 Å². The quantitative estimate of drug-likeness (QED) is 0.460. The van der Waals surface area contributed by atoms with Crippen molar-refractivity contribution < 1.29 is 9.90 Å². The highest BCUT2D eigenvalue weighted by Gasteiger charge is 2.20. The molecule has 0 saturated carbocycles. The number of rotatable bonds is 5. The molecule has 1 atom stereocenters. The van der Waals surface area contributed by atoms with Crippen LogP contribution in [0.5, 0.6) is 0 Å². The molecule has 1 aliphatic heterocycles. The molecule has 0 fully saturated rings. The van der Waals surface area contributed by atoms with Crippen molar-refractivity contribution in [1.29, 1.82) is 5.41 Å². The Morgan fingerprint density at radius 3 is 2.47 bits per heavy atom. The van der Waals surface area contributed by atoms with E-state index >= 15 is 0 Å². The second-order valence-electron chi connectivity index (χ2n) is 3.95. The van der Waals surface area contributed by atoms with Crippen LogP contribution in [0.3, 0.4) is 0 Å². The number of carboxylic acids is 1. The maximum absolute atomic E-state index is 10.8. The number of nitrogens with zero attached hydrogens (tertiary/aromatic N) is 1. The van der Waals surface area contributed by atoms with Crippen LogP contribution >= 0.6 is 0 Å². The SMILES string of the molecule is CC(C)=N.CCCC(CC1=NNNN1)C(=O)O. The highest BCUT2D eigenvalue weighted by Crippen LogP contribution is 2.11. The van der Waals surface area contributed by atoms with Crippen molar-refractivity contribution in [2.45, 2.75) is 40.0 Å². The Morgan fingerprint density at radius 1 is 1.53 bits per heavy atom. The van der Waals surface area contributed by atoms with Crippen molar-refractivity contribution in [3.8, 4) is 0 Å². The molecule has 0 bridgehead atoms. The first-order valence-electron chi connectivity index (χ1n) is 5.54. The molecule has 1 heterocycles. The van der Waals surface area contributed by atoms with Crippen LogP contribution in [0.1, 0.15) is 40.0 Å². The molecule has 0 spiro atoms. The summed E-state index contributed by atoms with van der Waals surface area (Å²) in [7, 11) is 0. The van der Waals surface area contributed by atoms with E-state index in [1.165, 1.54) is 0 Å². The first-order valence-corrected chi connectivity index (χ1v) is 5.54. The summed E-state index contributed by atoms with van der Waals surface area (Å²) < 4.78 is 0. The number of hydrazone groups is 1. The highest BCUT2D eigenvalue weighted by molar-refractivity contribution is 5.86. The van der Waals surface area contributed by atoms with E-state index < -0.39 is 5.97 Å². The van der Waals surface area contributed by atoms with Gasteiger partial charge < -0.3 is 10.5 Å². The molecule has 0 amide bonds. The predicted octanol–water partition coefficient (Wildman–Crippen LogP) is 0.849. The van der Waals surface area contributed by atoms with Gasteiger partial charge in [0.25, 0.3) is 0 Å². The molecule has 0 saturated heterocycles. The van der Waals surface area contributed by atoms with Gasteiger partial charge in [-0.1, -0.05) is 13.3 Å². The minimum absolute atomic E-state index is 0.349. The lowest BCUT2D eigenvalue weighted by Crippen LogP contribution is -2.36. The second-order valence-corrected chi connectivity index (χ2v) is 3.95. The van der Waals surface area contributed by atoms with Gasteiger partial charge in [0.1, 0.15) is 5.84 Å². The molecule has 1 rings (SSSR count). The molecule has 0 aromatic heterocycles. The van der Waals surface area contributed by atoms with E-state index in [0.29, 0.717) is 24.4 Å². The number of carboxylic acid groups (broad SMARTS) is 1. The topological polar surface area (TPSA) is 110 Å². The standard InChI is InChI=1S/C7H14N4O2.C3H7N/c1-2-3-5(7(12)13)4-6-8-10-11-9-6;1-3(2)4/h5,10-11H,2-4H2,1H3,(H,8,9)(H,12,13);4H,1-2H3. The average molecular weight is 243 g/mol. The van der Waals surface area contributed by atoms with Crippen LogP contribution in [0, 0.1) is 11.3 Å². The summed E-state index contributed by atoms with van der Waals surface area (Å²) in [5.41, 5.74) is 8.45. The fourth-order valence-electron chi connectivity index (χ4n) is 1.21. The van der Waals surface area contributed by atoms with E-state index in [1.54, 1.807) is 13.8 Å². The molecule has 98 valence electrons. The van der Waals surface area contributed by atoms with Crippen molar-refractivity contribution in [2.75, 3.05) is 0 Å². The highest BCUT2D eigenvalue weighted by atomic mass is 16.4. The van der Waals surface area contributed by atoms with E-state index in [1.807, 2.05) is 6.92 Å². The van der Waals surface area contributed by atoms with Crippen LogP contribution in [0.25, 0.3) is 0 Å². The minimum atomic E-state index is -0.766. The fraction of sp³-hybridized carbons (Fsp3) is 0.700. The van der Waals surface area contributed by atoms with Gasteiger partial charge in [-0.25, -0.2) is 5.53 Å². The minimum Gasteiger partial charge on any atom is -0.481 e. The number of hydrogen-bond donors (Lipinski definition) is 5. The Labute approximate surface area is 101 Å². The van der Waals surface area contributed by atoms with E-state index in [2.05, 4.69) is 21.6 Å². The van der Waals surface area contributed by atoms with Gasteiger partial charge >= 0.3 is 5.97 Å². The van der Waals surface area contributed by atoms with Crippen LogP contribution in [-0.4, -0.2) is 22.6 Å². The van der Waals surface area contributed by atoms with Gasteiger partial charge in [0, 0.05) is 12.1 Å². The summed E-state index contributed by atoms with van der Waals surface area (Å²) in [5, 5.41) is 19.2. The summed E-state index contributed by atoms with van der Waals surface area (Å²) >= 11 is 0. The van der Waals surface area contributed by atoms with Gasteiger partial charge in [-0.3, -0.25) is 10.2 Å². The van der Waals surface area contributed by atoms with Crippen LogP contribution in [0.2, 0.25) is 0 Å². The number of amidine groups is 1. The van der Waals surface area contributed by atoms with Gasteiger partial charge in [0.15, 0.2) is 0 Å². The van der Waals surface area contributed by atoms with E-state index in [9.17, 15) is 4.79 Å². The van der Waals surface area contributed by atoms with Gasteiger partial charge in [-0.05, 0) is 20.3 Å². The average Bonchev–Trinajstić information content (AvgIpc) is 2.68. The second kappa shape index (κ2) is 8.51. The first kappa shape index (κ1) is 15.4. The van der Waals surface area contributed by atoms with Crippen LogP contribution in [-0.2, 0) is 4.79 Å². The zero-order valence-corrected chi connectivity index (χ0v) is 10.5. The monoisotopic (exact) mass is 243 g/mol. The van der Waals surface area contributed by atoms with Gasteiger partial charge in [0.2, 0.25) is 0 Å². The summed E-state index contributed by atoms with van der Waals surface area (Å²) in [4.78, 5) is 10.8. The maximum atomic E-state index is 10.8. The molecule has 17 heavy (non-hydrogen) atoms. The van der Waals surface area contributed by atoms with Crippen LogP contribution in [0.4, 0.5) is 0 Å². The van der Waals surface area contributed by atoms with Crippen molar-refractivity contribution in [3.63, 3.8) is 0 Å². The van der Waals surface area contributed by atoms with Crippen molar-refractivity contribution >= 4 is 17.5 Å².